The molecule has 0 bridgehead atoms. The normalized spacial score (nSPS) is 14.3. The maximum Gasteiger partial charge on any atom is 0.272 e. The Balaban J connectivity index is 1.25. The van der Waals surface area contributed by atoms with Crippen LogP contribution in [0.5, 0.6) is 0 Å². The van der Waals surface area contributed by atoms with Gasteiger partial charge in [0.1, 0.15) is 10.6 Å². The largest absolute Gasteiger partial charge is 0.337 e. The van der Waals surface area contributed by atoms with E-state index in [9.17, 15) is 18.0 Å². The third kappa shape index (κ3) is 5.29. The van der Waals surface area contributed by atoms with Crippen molar-refractivity contribution in [1.82, 2.24) is 19.8 Å². The first-order valence-corrected chi connectivity index (χ1v) is 13.4. The zero-order valence-electron chi connectivity index (χ0n) is 19.9. The number of anilines is 1. The Bertz CT molecular complexity index is 1540. The standard InChI is InChI=1S/C27H25N5O4S/c33-26(31-16-5-17-32(19-18-31)27(34)23-8-1-2-14-28-23)21-10-12-22(13-11-21)30-37(35,36)24-9-3-6-20-7-4-15-29-25(20)24/h1-4,6-15,30H,5,16-19H2. The predicted octanol–water partition coefficient (Wildman–Crippen LogP) is 3.42. The fourth-order valence-corrected chi connectivity index (χ4v) is 5.58. The number of carbonyl (C=O) groups excluding carboxylic acids is 2. The van der Waals surface area contributed by atoms with Crippen LogP contribution in [-0.4, -0.2) is 66.2 Å². The fraction of sp³-hybridized carbons (Fsp3) is 0.185. The molecule has 0 radical (unpaired) electrons. The van der Waals surface area contributed by atoms with Crippen LogP contribution in [0.15, 0.2) is 90.1 Å². The molecule has 1 fully saturated rings. The third-order valence-electron chi connectivity index (χ3n) is 6.22. The van der Waals surface area contributed by atoms with Crippen molar-refractivity contribution < 1.29 is 18.0 Å². The molecule has 1 aliphatic rings. The number of sulfonamides is 1. The van der Waals surface area contributed by atoms with E-state index in [1.807, 2.05) is 0 Å². The van der Waals surface area contributed by atoms with Crippen molar-refractivity contribution in [3.63, 3.8) is 0 Å². The van der Waals surface area contributed by atoms with Crippen molar-refractivity contribution in [3.8, 4) is 0 Å². The lowest BCUT2D eigenvalue weighted by Gasteiger charge is -2.22. The summed E-state index contributed by atoms with van der Waals surface area (Å²) in [5, 5.41) is 0.726. The number of rotatable bonds is 5. The lowest BCUT2D eigenvalue weighted by molar-refractivity contribution is 0.0715. The molecule has 10 heteroatoms. The Morgan fingerprint density at radius 2 is 1.43 bits per heavy atom. The van der Waals surface area contributed by atoms with Gasteiger partial charge >= 0.3 is 0 Å². The number of pyridine rings is 2. The second-order valence-corrected chi connectivity index (χ2v) is 10.3. The van der Waals surface area contributed by atoms with Crippen LogP contribution in [-0.2, 0) is 10.0 Å². The van der Waals surface area contributed by atoms with E-state index in [-0.39, 0.29) is 16.7 Å². The SMILES string of the molecule is O=C(c1ccc(NS(=O)(=O)c2cccc3cccnc23)cc1)N1CCCN(C(=O)c2ccccn2)CC1. The van der Waals surface area contributed by atoms with Gasteiger partial charge in [-0.15, -0.1) is 0 Å². The summed E-state index contributed by atoms with van der Waals surface area (Å²) in [5.74, 6) is -0.312. The maximum absolute atomic E-state index is 13.1. The van der Waals surface area contributed by atoms with E-state index in [1.165, 1.54) is 6.07 Å². The Morgan fingerprint density at radius 3 is 2.16 bits per heavy atom. The highest BCUT2D eigenvalue weighted by molar-refractivity contribution is 7.93. The quantitative estimate of drug-likeness (QED) is 0.436. The molecule has 9 nitrogen and oxygen atoms in total. The van der Waals surface area contributed by atoms with Crippen LogP contribution in [0.25, 0.3) is 10.9 Å². The van der Waals surface area contributed by atoms with Crippen molar-refractivity contribution in [3.05, 3.63) is 96.4 Å². The van der Waals surface area contributed by atoms with E-state index in [2.05, 4.69) is 14.7 Å². The lowest BCUT2D eigenvalue weighted by atomic mass is 10.2. The fourth-order valence-electron chi connectivity index (χ4n) is 4.34. The van der Waals surface area contributed by atoms with E-state index >= 15 is 0 Å². The lowest BCUT2D eigenvalue weighted by Crippen LogP contribution is -2.37. The third-order valence-corrected chi connectivity index (χ3v) is 7.64. The number of fused-ring (bicyclic) bond motifs is 1. The molecule has 0 aliphatic carbocycles. The number of hydrogen-bond donors (Lipinski definition) is 1. The topological polar surface area (TPSA) is 113 Å². The summed E-state index contributed by atoms with van der Waals surface area (Å²) in [6.07, 6.45) is 3.79. The number of hydrogen-bond acceptors (Lipinski definition) is 6. The molecule has 1 N–H and O–H groups in total. The highest BCUT2D eigenvalue weighted by Crippen LogP contribution is 2.23. The number of aromatic nitrogens is 2. The predicted molar refractivity (Wildman–Crippen MR) is 140 cm³/mol. The monoisotopic (exact) mass is 515 g/mol. The van der Waals surface area contributed by atoms with Crippen LogP contribution in [0.3, 0.4) is 0 Å². The molecule has 5 rings (SSSR count). The van der Waals surface area contributed by atoms with Crippen molar-refractivity contribution in [2.45, 2.75) is 11.3 Å². The molecule has 4 aromatic rings. The van der Waals surface area contributed by atoms with Gasteiger partial charge in [-0.1, -0.05) is 24.3 Å². The Labute approximate surface area is 214 Å². The minimum Gasteiger partial charge on any atom is -0.337 e. The zero-order chi connectivity index (χ0) is 25.8. The summed E-state index contributed by atoms with van der Waals surface area (Å²) in [6, 6.07) is 20.1. The van der Waals surface area contributed by atoms with Crippen LogP contribution in [0.4, 0.5) is 5.69 Å². The summed E-state index contributed by atoms with van der Waals surface area (Å²) in [6.45, 7) is 1.88. The zero-order valence-corrected chi connectivity index (χ0v) is 20.8. The van der Waals surface area contributed by atoms with Crippen LogP contribution in [0, 0.1) is 0 Å². The van der Waals surface area contributed by atoms with E-state index in [1.54, 1.807) is 88.9 Å². The molecule has 0 saturated carbocycles. The van der Waals surface area contributed by atoms with Gasteiger partial charge in [0.2, 0.25) is 0 Å². The number of amides is 2. The van der Waals surface area contributed by atoms with Crippen molar-refractivity contribution in [2.75, 3.05) is 30.9 Å². The molecule has 2 amide bonds. The average molecular weight is 516 g/mol. The molecule has 3 heterocycles. The molecule has 2 aromatic heterocycles. The van der Waals surface area contributed by atoms with Gasteiger partial charge < -0.3 is 9.80 Å². The van der Waals surface area contributed by atoms with Gasteiger partial charge in [-0.3, -0.25) is 24.3 Å². The second-order valence-electron chi connectivity index (χ2n) is 8.67. The molecule has 0 spiro atoms. The highest BCUT2D eigenvalue weighted by Gasteiger charge is 2.24. The van der Waals surface area contributed by atoms with Gasteiger partial charge in [-0.2, -0.15) is 0 Å². The van der Waals surface area contributed by atoms with E-state index in [4.69, 9.17) is 0 Å². The Kier molecular flexibility index (Phi) is 6.82. The number of para-hydroxylation sites is 1. The average Bonchev–Trinajstić information content (AvgIpc) is 3.19. The van der Waals surface area contributed by atoms with E-state index < -0.39 is 10.0 Å². The van der Waals surface area contributed by atoms with Gasteiger partial charge in [-0.05, 0) is 55.0 Å². The molecule has 188 valence electrons. The number of benzene rings is 2. The Hall–Kier alpha value is -4.31. The first kappa shape index (κ1) is 24.4. The van der Waals surface area contributed by atoms with Crippen molar-refractivity contribution in [2.24, 2.45) is 0 Å². The first-order chi connectivity index (χ1) is 17.9. The van der Waals surface area contributed by atoms with E-state index in [0.717, 1.165) is 5.39 Å². The van der Waals surface area contributed by atoms with Crippen molar-refractivity contribution >= 4 is 38.4 Å². The smallest absolute Gasteiger partial charge is 0.272 e. The van der Waals surface area contributed by atoms with Crippen molar-refractivity contribution in [1.29, 1.82) is 0 Å². The highest BCUT2D eigenvalue weighted by atomic mass is 32.2. The maximum atomic E-state index is 13.1. The summed E-state index contributed by atoms with van der Waals surface area (Å²) in [5.41, 5.74) is 1.56. The minimum atomic E-state index is -3.89. The molecule has 0 unspecified atom stereocenters. The molecule has 2 aromatic carbocycles. The molecular formula is C27H25N5O4S. The molecule has 1 saturated heterocycles. The first-order valence-electron chi connectivity index (χ1n) is 11.9. The minimum absolute atomic E-state index is 0.0834. The van der Waals surface area contributed by atoms with Gasteiger partial charge in [0.05, 0.1) is 5.52 Å². The molecule has 0 atom stereocenters. The van der Waals surface area contributed by atoms with Gasteiger partial charge in [0, 0.05) is 55.2 Å². The summed E-state index contributed by atoms with van der Waals surface area (Å²) in [4.78, 5) is 37.7. The van der Waals surface area contributed by atoms with Gasteiger partial charge in [-0.25, -0.2) is 8.42 Å². The van der Waals surface area contributed by atoms with Crippen LogP contribution >= 0.6 is 0 Å². The Morgan fingerprint density at radius 1 is 0.730 bits per heavy atom. The van der Waals surface area contributed by atoms with Gasteiger partial charge in [0.25, 0.3) is 21.8 Å². The molecule has 37 heavy (non-hydrogen) atoms. The van der Waals surface area contributed by atoms with E-state index in [0.29, 0.717) is 55.1 Å². The molecular weight excluding hydrogens is 490 g/mol. The number of nitrogens with one attached hydrogen (secondary N) is 1. The van der Waals surface area contributed by atoms with Gasteiger partial charge in [0.15, 0.2) is 0 Å². The summed E-state index contributed by atoms with van der Waals surface area (Å²) < 4.78 is 28.7. The van der Waals surface area contributed by atoms with Crippen LogP contribution < -0.4 is 4.72 Å². The summed E-state index contributed by atoms with van der Waals surface area (Å²) in [7, 11) is -3.89. The molecule has 1 aliphatic heterocycles. The number of carbonyl (C=O) groups is 2. The van der Waals surface area contributed by atoms with Crippen LogP contribution in [0.1, 0.15) is 27.3 Å². The number of nitrogens with zero attached hydrogens (tertiary/aromatic N) is 4. The summed E-state index contributed by atoms with van der Waals surface area (Å²) >= 11 is 0. The second kappa shape index (κ2) is 10.4. The van der Waals surface area contributed by atoms with Crippen LogP contribution in [0.2, 0.25) is 0 Å².